The van der Waals surface area contributed by atoms with E-state index in [-0.39, 0.29) is 65.8 Å². The Bertz CT molecular complexity index is 1430. The van der Waals surface area contributed by atoms with Crippen molar-refractivity contribution >= 4 is 62.8 Å². The first-order valence-electron chi connectivity index (χ1n) is 10.6. The fraction of sp³-hybridized carbons (Fsp3) is 0.160. The molecule has 0 saturated carbocycles. The predicted molar refractivity (Wildman–Crippen MR) is 134 cm³/mol. The van der Waals surface area contributed by atoms with E-state index in [0.717, 1.165) is 15.9 Å². The number of fused-ring (bicyclic) bond motifs is 1. The molecule has 8 nitrogen and oxygen atoms in total. The van der Waals surface area contributed by atoms with Crippen LogP contribution in [0.1, 0.15) is 13.3 Å². The van der Waals surface area contributed by atoms with Crippen molar-refractivity contribution in [2.45, 2.75) is 18.9 Å². The van der Waals surface area contributed by atoms with E-state index in [1.165, 1.54) is 23.2 Å². The van der Waals surface area contributed by atoms with Crippen molar-refractivity contribution in [1.82, 2.24) is 4.98 Å². The number of aromatic nitrogens is 1. The zero-order valence-electron chi connectivity index (χ0n) is 20.6. The van der Waals surface area contributed by atoms with Gasteiger partial charge in [-0.25, -0.2) is 0 Å². The number of carbonyl (C=O) groups excluding carboxylic acids is 2. The Morgan fingerprint density at radius 3 is 2.41 bits per heavy atom. The van der Waals surface area contributed by atoms with Crippen LogP contribution in [0.3, 0.4) is 0 Å². The molecule has 4 rings (SSSR count). The average Bonchev–Trinajstić information content (AvgIpc) is 3.19. The van der Waals surface area contributed by atoms with Gasteiger partial charge in [-0.3, -0.25) is 0 Å². The number of carbonyl (C=O) groups is 2. The molecule has 180 valence electrons. The summed E-state index contributed by atoms with van der Waals surface area (Å²) in [5, 5.41) is 26.8. The molecule has 3 aromatic carbocycles. The van der Waals surface area contributed by atoms with Gasteiger partial charge in [-0.2, -0.15) is 0 Å². The van der Waals surface area contributed by atoms with Gasteiger partial charge < -0.3 is 39.7 Å². The van der Waals surface area contributed by atoms with Gasteiger partial charge in [0.25, 0.3) is 0 Å². The number of para-hydroxylation sites is 1. The summed E-state index contributed by atoms with van der Waals surface area (Å²) < 4.78 is 7.61. The van der Waals surface area contributed by atoms with Crippen molar-refractivity contribution in [2.75, 3.05) is 16.9 Å². The van der Waals surface area contributed by atoms with Gasteiger partial charge in [0, 0.05) is 35.5 Å². The number of rotatable bonds is 10. The molecule has 1 unspecified atom stereocenters. The smallest absolute Gasteiger partial charge is 0.550 e. The van der Waals surface area contributed by atoms with Crippen molar-refractivity contribution < 1.29 is 83.7 Å². The summed E-state index contributed by atoms with van der Waals surface area (Å²) >= 11 is 6.68. The number of nitrogens with one attached hydrogen (secondary N) is 2. The van der Waals surface area contributed by atoms with Crippen LogP contribution in [0.15, 0.2) is 72.8 Å². The molecule has 0 aliphatic rings. The first-order chi connectivity index (χ1) is 16.8. The van der Waals surface area contributed by atoms with E-state index < -0.39 is 23.9 Å². The second-order valence-corrected chi connectivity index (χ2v) is 9.69. The van der Waals surface area contributed by atoms with Crippen LogP contribution in [0.4, 0.5) is 17.1 Å². The van der Waals surface area contributed by atoms with E-state index in [1.807, 2.05) is 18.2 Å². The Hall–Kier alpha value is -1.89. The van der Waals surface area contributed by atoms with Crippen LogP contribution in [0.2, 0.25) is 0 Å². The van der Waals surface area contributed by atoms with Gasteiger partial charge in [0.1, 0.15) is 5.75 Å². The molecule has 1 aromatic heterocycles. The Morgan fingerprint density at radius 2 is 1.73 bits per heavy atom. The summed E-state index contributed by atoms with van der Waals surface area (Å²) in [6.07, 6.45) is -0.773. The van der Waals surface area contributed by atoms with Crippen LogP contribution in [0.5, 0.6) is 5.75 Å². The van der Waals surface area contributed by atoms with E-state index in [0.29, 0.717) is 21.1 Å². The maximum absolute atomic E-state index is 12.2. The molecule has 12 heteroatoms. The molecule has 37 heavy (non-hydrogen) atoms. The summed E-state index contributed by atoms with van der Waals surface area (Å²) in [5.41, 5.74) is 0.765. The predicted octanol–water partition coefficient (Wildman–Crippen LogP) is -2.80. The number of ether oxygens (including phenoxy) is 1. The van der Waals surface area contributed by atoms with E-state index in [4.69, 9.17) is 17.0 Å². The third-order valence-corrected chi connectivity index (χ3v) is 6.66. The number of carboxylic acid groups (broad SMARTS) is 2. The molecule has 0 bridgehead atoms. The molecule has 0 aliphatic heterocycles. The maximum atomic E-state index is 12.2. The number of H-pyrrole nitrogens is 1. The third kappa shape index (κ3) is 7.58. The van der Waals surface area contributed by atoms with Gasteiger partial charge in [-0.05, 0) is 61.6 Å². The number of thiazole rings is 1. The molecule has 0 aliphatic carbocycles. The SMILES string of the molecule is CC(CC(=O)[O-])(C(=O)[O-])N(c1ccccc1)c1cccc(OCNc2ccc3sc(=S)[nH]c3c2)c1.[Na+].[Na+]. The largest absolute Gasteiger partial charge is 1.00 e. The summed E-state index contributed by atoms with van der Waals surface area (Å²) in [6.45, 7) is 1.44. The first kappa shape index (κ1) is 31.3. The Balaban J connectivity index is 0.00000241. The fourth-order valence-corrected chi connectivity index (χ4v) is 4.89. The first-order valence-corrected chi connectivity index (χ1v) is 11.8. The monoisotopic (exact) mass is 553 g/mol. The van der Waals surface area contributed by atoms with Gasteiger partial charge in [0.2, 0.25) is 0 Å². The number of benzene rings is 3. The third-order valence-electron chi connectivity index (χ3n) is 5.45. The molecule has 4 aromatic rings. The quantitative estimate of drug-likeness (QED) is 0.123. The van der Waals surface area contributed by atoms with Gasteiger partial charge >= 0.3 is 59.1 Å². The van der Waals surface area contributed by atoms with Crippen LogP contribution in [0, 0.1) is 3.95 Å². The van der Waals surface area contributed by atoms with Crippen LogP contribution in [-0.2, 0) is 9.59 Å². The van der Waals surface area contributed by atoms with Crippen LogP contribution >= 0.6 is 23.6 Å². The average molecular weight is 554 g/mol. The molecule has 1 heterocycles. The number of hydrogen-bond acceptors (Lipinski definition) is 9. The molecule has 0 saturated heterocycles. The Morgan fingerprint density at radius 1 is 1.03 bits per heavy atom. The molecule has 0 radical (unpaired) electrons. The standard InChI is InChI=1S/C25H23N3O5S2.2Na/c1-25(23(31)32,14-22(29)30)28(17-6-3-2-4-7-17)18-8-5-9-19(13-18)33-15-26-16-10-11-21-20(12-16)27-24(34)35-21;;/h2-13,26H,14-15H2,1H3,(H,27,34)(H,29,30)(H,31,32);;/q;2*+1/p-2. The second kappa shape index (κ2) is 13.8. The Kier molecular flexibility index (Phi) is 11.7. The van der Waals surface area contributed by atoms with E-state index in [1.54, 1.807) is 54.6 Å². The normalized spacial score (nSPS) is 11.9. The summed E-state index contributed by atoms with van der Waals surface area (Å²) in [5.74, 6) is -2.58. The number of anilines is 3. The van der Waals surface area contributed by atoms with Crippen molar-refractivity contribution in [3.05, 3.63) is 76.8 Å². The Labute approximate surface area is 267 Å². The molecular weight excluding hydrogens is 532 g/mol. The zero-order valence-corrected chi connectivity index (χ0v) is 26.3. The molecule has 0 fully saturated rings. The minimum atomic E-state index is -1.91. The number of carboxylic acids is 2. The molecule has 0 spiro atoms. The second-order valence-electron chi connectivity index (χ2n) is 7.97. The maximum Gasteiger partial charge on any atom is 1.00 e. The van der Waals surface area contributed by atoms with Crippen molar-refractivity contribution in [2.24, 2.45) is 0 Å². The van der Waals surface area contributed by atoms with Crippen LogP contribution < -0.4 is 84.3 Å². The number of aromatic amines is 1. The van der Waals surface area contributed by atoms with Crippen molar-refractivity contribution in [3.63, 3.8) is 0 Å². The number of hydrogen-bond donors (Lipinski definition) is 2. The van der Waals surface area contributed by atoms with E-state index in [9.17, 15) is 19.8 Å². The zero-order chi connectivity index (χ0) is 25.0. The minimum absolute atomic E-state index is 0. The molecule has 0 amide bonds. The van der Waals surface area contributed by atoms with E-state index >= 15 is 0 Å². The molecule has 1 atom stereocenters. The molecule has 2 N–H and O–H groups in total. The van der Waals surface area contributed by atoms with Gasteiger partial charge in [-0.15, -0.1) is 11.3 Å². The summed E-state index contributed by atoms with van der Waals surface area (Å²) in [7, 11) is 0. The van der Waals surface area contributed by atoms with Crippen LogP contribution in [-0.4, -0.2) is 29.2 Å². The van der Waals surface area contributed by atoms with Crippen LogP contribution in [0.25, 0.3) is 10.2 Å². The van der Waals surface area contributed by atoms with E-state index in [2.05, 4.69) is 10.3 Å². The van der Waals surface area contributed by atoms with Crippen molar-refractivity contribution in [1.29, 1.82) is 0 Å². The minimum Gasteiger partial charge on any atom is -0.550 e. The number of nitrogens with zero attached hydrogens (tertiary/aromatic N) is 1. The fourth-order valence-electron chi connectivity index (χ4n) is 3.80. The number of aliphatic carboxylic acids is 2. The summed E-state index contributed by atoms with van der Waals surface area (Å²) in [6, 6.07) is 21.2. The topological polar surface area (TPSA) is 121 Å². The summed E-state index contributed by atoms with van der Waals surface area (Å²) in [4.78, 5) is 28.1. The van der Waals surface area contributed by atoms with Gasteiger partial charge in [-0.1, -0.05) is 24.3 Å². The van der Waals surface area contributed by atoms with Crippen molar-refractivity contribution in [3.8, 4) is 5.75 Å². The molecular formula is C25H21N3Na2O5S2. The van der Waals surface area contributed by atoms with Gasteiger partial charge in [0.15, 0.2) is 10.7 Å². The van der Waals surface area contributed by atoms with Gasteiger partial charge in [0.05, 0.1) is 21.7 Å².